The zero-order valence-electron chi connectivity index (χ0n) is 7.95. The van der Waals surface area contributed by atoms with Crippen LogP contribution >= 0.6 is 15.9 Å². The van der Waals surface area contributed by atoms with Gasteiger partial charge in [-0.05, 0) is 30.5 Å². The van der Waals surface area contributed by atoms with Gasteiger partial charge in [-0.15, -0.1) is 0 Å². The maximum Gasteiger partial charge on any atom is 0.0759 e. The number of hydrogen-bond donors (Lipinski definition) is 0. The highest BCUT2D eigenvalue weighted by molar-refractivity contribution is 9.10. The van der Waals surface area contributed by atoms with Crippen molar-refractivity contribution in [2.75, 3.05) is 6.61 Å². The van der Waals surface area contributed by atoms with Gasteiger partial charge in [-0.1, -0.05) is 40.2 Å². The molecule has 1 aliphatic rings. The van der Waals surface area contributed by atoms with Gasteiger partial charge in [-0.25, -0.2) is 0 Å². The summed E-state index contributed by atoms with van der Waals surface area (Å²) in [5.41, 5.74) is 1.22. The van der Waals surface area contributed by atoms with Gasteiger partial charge in [-0.3, -0.25) is 0 Å². The van der Waals surface area contributed by atoms with Crippen molar-refractivity contribution in [3.8, 4) is 0 Å². The lowest BCUT2D eigenvalue weighted by Gasteiger charge is -2.01. The molecule has 1 heterocycles. The smallest absolute Gasteiger partial charge is 0.0759 e. The summed E-state index contributed by atoms with van der Waals surface area (Å²) in [6, 6.07) is 8.27. The van der Waals surface area contributed by atoms with E-state index in [1.165, 1.54) is 12.0 Å². The van der Waals surface area contributed by atoms with Crippen LogP contribution in [0.25, 0.3) is 6.08 Å². The summed E-state index contributed by atoms with van der Waals surface area (Å²) in [5.74, 6) is 0. The molecule has 0 saturated carbocycles. The summed E-state index contributed by atoms with van der Waals surface area (Å²) < 4.78 is 6.62. The summed E-state index contributed by atoms with van der Waals surface area (Å²) in [7, 11) is 0. The van der Waals surface area contributed by atoms with Crippen LogP contribution in [-0.4, -0.2) is 12.7 Å². The molecular formula is C12H13BrO. The molecule has 1 aromatic rings. The SMILES string of the molecule is Brc1cccc(C=CC2CCCO2)c1. The summed E-state index contributed by atoms with van der Waals surface area (Å²) in [6.07, 6.45) is 6.95. The van der Waals surface area contributed by atoms with E-state index in [1.54, 1.807) is 0 Å². The number of benzene rings is 1. The van der Waals surface area contributed by atoms with E-state index in [-0.39, 0.29) is 0 Å². The lowest BCUT2D eigenvalue weighted by atomic mass is 10.1. The van der Waals surface area contributed by atoms with Crippen LogP contribution in [0.2, 0.25) is 0 Å². The molecule has 1 fully saturated rings. The normalized spacial score (nSPS) is 21.9. The summed E-state index contributed by atoms with van der Waals surface area (Å²) in [4.78, 5) is 0. The van der Waals surface area contributed by atoms with Crippen molar-refractivity contribution in [1.29, 1.82) is 0 Å². The molecule has 0 bridgehead atoms. The Morgan fingerprint density at radius 1 is 1.43 bits per heavy atom. The largest absolute Gasteiger partial charge is 0.374 e. The minimum absolute atomic E-state index is 0.328. The van der Waals surface area contributed by atoms with Crippen LogP contribution in [0.4, 0.5) is 0 Å². The molecule has 14 heavy (non-hydrogen) atoms. The Morgan fingerprint density at radius 2 is 2.36 bits per heavy atom. The van der Waals surface area contributed by atoms with E-state index in [9.17, 15) is 0 Å². The molecule has 0 aliphatic carbocycles. The monoisotopic (exact) mass is 252 g/mol. The van der Waals surface area contributed by atoms with Gasteiger partial charge < -0.3 is 4.74 Å². The van der Waals surface area contributed by atoms with Crippen molar-refractivity contribution in [3.05, 3.63) is 40.4 Å². The van der Waals surface area contributed by atoms with Crippen LogP contribution < -0.4 is 0 Å². The third-order valence-corrected chi connectivity index (χ3v) is 2.81. The lowest BCUT2D eigenvalue weighted by Crippen LogP contribution is -1.98. The molecule has 1 nitrogen and oxygen atoms in total. The first-order valence-electron chi connectivity index (χ1n) is 4.90. The van der Waals surface area contributed by atoms with Gasteiger partial charge in [0.25, 0.3) is 0 Å². The van der Waals surface area contributed by atoms with Gasteiger partial charge in [0.05, 0.1) is 6.10 Å². The Balaban J connectivity index is 2.02. The molecule has 1 aromatic carbocycles. The highest BCUT2D eigenvalue weighted by atomic mass is 79.9. The molecule has 0 N–H and O–H groups in total. The molecule has 1 aliphatic heterocycles. The zero-order valence-corrected chi connectivity index (χ0v) is 9.53. The fourth-order valence-corrected chi connectivity index (χ4v) is 2.00. The lowest BCUT2D eigenvalue weighted by molar-refractivity contribution is 0.146. The van der Waals surface area contributed by atoms with Crippen molar-refractivity contribution < 1.29 is 4.74 Å². The van der Waals surface area contributed by atoms with Crippen LogP contribution in [0.5, 0.6) is 0 Å². The van der Waals surface area contributed by atoms with Crippen LogP contribution in [0, 0.1) is 0 Å². The molecule has 0 spiro atoms. The second-order valence-electron chi connectivity index (χ2n) is 3.47. The number of halogens is 1. The van der Waals surface area contributed by atoms with Crippen molar-refractivity contribution in [1.82, 2.24) is 0 Å². The molecular weight excluding hydrogens is 240 g/mol. The topological polar surface area (TPSA) is 9.23 Å². The van der Waals surface area contributed by atoms with Gasteiger partial charge in [-0.2, -0.15) is 0 Å². The van der Waals surface area contributed by atoms with E-state index in [1.807, 2.05) is 12.1 Å². The molecule has 0 amide bonds. The quantitative estimate of drug-likeness (QED) is 0.781. The zero-order chi connectivity index (χ0) is 9.80. The van der Waals surface area contributed by atoms with Crippen molar-refractivity contribution in [3.63, 3.8) is 0 Å². The van der Waals surface area contributed by atoms with Crippen molar-refractivity contribution in [2.45, 2.75) is 18.9 Å². The molecule has 0 radical (unpaired) electrons. The number of hydrogen-bond acceptors (Lipinski definition) is 1. The molecule has 1 atom stereocenters. The predicted molar refractivity (Wildman–Crippen MR) is 62.2 cm³/mol. The maximum atomic E-state index is 5.51. The van der Waals surface area contributed by atoms with E-state index in [4.69, 9.17) is 4.74 Å². The molecule has 1 unspecified atom stereocenters. The molecule has 1 saturated heterocycles. The second kappa shape index (κ2) is 4.76. The van der Waals surface area contributed by atoms with E-state index >= 15 is 0 Å². The molecule has 2 rings (SSSR count). The molecule has 0 aromatic heterocycles. The fourth-order valence-electron chi connectivity index (χ4n) is 1.58. The standard InChI is InChI=1S/C12H13BrO/c13-11-4-1-3-10(9-11)6-7-12-5-2-8-14-12/h1,3-4,6-7,9,12H,2,5,8H2. The third-order valence-electron chi connectivity index (χ3n) is 2.32. The highest BCUT2D eigenvalue weighted by Crippen LogP contribution is 2.16. The van der Waals surface area contributed by atoms with Gasteiger partial charge in [0.15, 0.2) is 0 Å². The van der Waals surface area contributed by atoms with Gasteiger partial charge in [0, 0.05) is 11.1 Å². The Kier molecular flexibility index (Phi) is 3.38. The average molecular weight is 253 g/mol. The third kappa shape index (κ3) is 2.69. The van der Waals surface area contributed by atoms with Crippen LogP contribution in [-0.2, 0) is 4.74 Å². The minimum Gasteiger partial charge on any atom is -0.374 e. The first-order valence-corrected chi connectivity index (χ1v) is 5.69. The van der Waals surface area contributed by atoms with Crippen molar-refractivity contribution >= 4 is 22.0 Å². The molecule has 2 heteroatoms. The summed E-state index contributed by atoms with van der Waals surface area (Å²) in [5, 5.41) is 0. The van der Waals surface area contributed by atoms with Crippen LogP contribution in [0.15, 0.2) is 34.8 Å². The van der Waals surface area contributed by atoms with E-state index in [0.717, 1.165) is 17.5 Å². The van der Waals surface area contributed by atoms with Gasteiger partial charge >= 0.3 is 0 Å². The first kappa shape index (κ1) is 9.94. The Morgan fingerprint density at radius 3 is 3.07 bits per heavy atom. The molecule has 74 valence electrons. The Bertz CT molecular complexity index is 327. The summed E-state index contributed by atoms with van der Waals surface area (Å²) in [6.45, 7) is 0.910. The summed E-state index contributed by atoms with van der Waals surface area (Å²) >= 11 is 3.45. The van der Waals surface area contributed by atoms with E-state index in [0.29, 0.717) is 6.10 Å². The number of ether oxygens (including phenoxy) is 1. The maximum absolute atomic E-state index is 5.51. The van der Waals surface area contributed by atoms with Crippen molar-refractivity contribution in [2.24, 2.45) is 0 Å². The Hall–Kier alpha value is -0.600. The van der Waals surface area contributed by atoms with Gasteiger partial charge in [0.1, 0.15) is 0 Å². The minimum atomic E-state index is 0.328. The highest BCUT2D eigenvalue weighted by Gasteiger charge is 2.10. The number of rotatable bonds is 2. The van der Waals surface area contributed by atoms with Gasteiger partial charge in [0.2, 0.25) is 0 Å². The van der Waals surface area contributed by atoms with Crippen LogP contribution in [0.3, 0.4) is 0 Å². The fraction of sp³-hybridized carbons (Fsp3) is 0.333. The van der Waals surface area contributed by atoms with Crippen LogP contribution in [0.1, 0.15) is 18.4 Å². The second-order valence-corrected chi connectivity index (χ2v) is 4.38. The van der Waals surface area contributed by atoms with E-state index < -0.39 is 0 Å². The van der Waals surface area contributed by atoms with E-state index in [2.05, 4.69) is 40.2 Å². The average Bonchev–Trinajstić information content (AvgIpc) is 2.67. The Labute approximate surface area is 92.9 Å². The first-order chi connectivity index (χ1) is 6.84. The predicted octanol–water partition coefficient (Wildman–Crippen LogP) is 3.64.